The number of hydrogen-bond donors (Lipinski definition) is 1. The molecule has 1 heterocycles. The van der Waals surface area contributed by atoms with E-state index in [4.69, 9.17) is 4.74 Å². The molecular weight excluding hydrogens is 320 g/mol. The van der Waals surface area contributed by atoms with Crippen LogP contribution in [0.25, 0.3) is 0 Å². The van der Waals surface area contributed by atoms with E-state index < -0.39 is 0 Å². The van der Waals surface area contributed by atoms with Gasteiger partial charge in [0.05, 0.1) is 18.0 Å². The van der Waals surface area contributed by atoms with E-state index in [0.717, 1.165) is 21.3 Å². The lowest BCUT2D eigenvalue weighted by Gasteiger charge is -2.07. The van der Waals surface area contributed by atoms with Crippen LogP contribution < -0.4 is 10.1 Å². The number of halogens is 1. The van der Waals surface area contributed by atoms with Crippen LogP contribution in [0, 0.1) is 0 Å². The van der Waals surface area contributed by atoms with Crippen molar-refractivity contribution in [1.29, 1.82) is 0 Å². The number of nitrogens with zero attached hydrogens (tertiary/aromatic N) is 1. The summed E-state index contributed by atoms with van der Waals surface area (Å²) in [7, 11) is 1.61. The topological polar surface area (TPSA) is 51.2 Å². The maximum atomic E-state index is 11.9. The van der Waals surface area contributed by atoms with Gasteiger partial charge < -0.3 is 10.1 Å². The van der Waals surface area contributed by atoms with Crippen molar-refractivity contribution in [1.82, 2.24) is 10.3 Å². The van der Waals surface area contributed by atoms with Gasteiger partial charge in [-0.2, -0.15) is 0 Å². The van der Waals surface area contributed by atoms with Crippen LogP contribution in [0.3, 0.4) is 0 Å². The highest BCUT2D eigenvalue weighted by Gasteiger charge is 2.06. The first-order chi connectivity index (χ1) is 9.69. The highest BCUT2D eigenvalue weighted by Crippen LogP contribution is 2.25. The number of carbonyl (C=O) groups is 1. The summed E-state index contributed by atoms with van der Waals surface area (Å²) in [6.45, 7) is 0.490. The van der Waals surface area contributed by atoms with Crippen molar-refractivity contribution in [3.05, 3.63) is 58.3 Å². The molecule has 0 aliphatic heterocycles. The van der Waals surface area contributed by atoms with Gasteiger partial charge in [-0.15, -0.1) is 0 Å². The molecule has 0 atom stereocenters. The van der Waals surface area contributed by atoms with Crippen molar-refractivity contribution in [3.8, 4) is 5.75 Å². The summed E-state index contributed by atoms with van der Waals surface area (Å²) in [6, 6.07) is 9.39. The zero-order chi connectivity index (χ0) is 14.4. The maximum Gasteiger partial charge on any atom is 0.224 e. The van der Waals surface area contributed by atoms with Gasteiger partial charge in [0.25, 0.3) is 0 Å². The third kappa shape index (κ3) is 4.06. The van der Waals surface area contributed by atoms with E-state index in [0.29, 0.717) is 13.0 Å². The summed E-state index contributed by atoms with van der Waals surface area (Å²) in [5.74, 6) is 0.732. The lowest BCUT2D eigenvalue weighted by Crippen LogP contribution is -2.24. The SMILES string of the molecule is COc1ccc(CC(=O)NCc2cccnc2)cc1Br. The Hall–Kier alpha value is -1.88. The van der Waals surface area contributed by atoms with Gasteiger partial charge in [-0.25, -0.2) is 0 Å². The lowest BCUT2D eigenvalue weighted by molar-refractivity contribution is -0.120. The molecule has 2 aromatic rings. The number of rotatable bonds is 5. The molecule has 0 aliphatic carbocycles. The summed E-state index contributed by atoms with van der Waals surface area (Å²) in [5, 5.41) is 2.87. The Kier molecular flexibility index (Phi) is 5.12. The molecule has 1 amide bonds. The Balaban J connectivity index is 1.90. The molecule has 4 nitrogen and oxygen atoms in total. The number of ether oxygens (including phenoxy) is 1. The fraction of sp³-hybridized carbons (Fsp3) is 0.200. The van der Waals surface area contributed by atoms with Gasteiger partial charge in [-0.1, -0.05) is 12.1 Å². The van der Waals surface area contributed by atoms with Gasteiger partial charge in [0.15, 0.2) is 0 Å². The van der Waals surface area contributed by atoms with Crippen molar-refractivity contribution in [2.45, 2.75) is 13.0 Å². The Morgan fingerprint density at radius 2 is 2.20 bits per heavy atom. The van der Waals surface area contributed by atoms with E-state index in [9.17, 15) is 4.79 Å². The monoisotopic (exact) mass is 334 g/mol. The fourth-order valence-electron chi connectivity index (χ4n) is 1.77. The second-order valence-electron chi connectivity index (χ2n) is 4.28. The van der Waals surface area contributed by atoms with Crippen LogP contribution >= 0.6 is 15.9 Å². The van der Waals surface area contributed by atoms with E-state index >= 15 is 0 Å². The predicted molar refractivity (Wildman–Crippen MR) is 80.5 cm³/mol. The maximum absolute atomic E-state index is 11.9. The first kappa shape index (κ1) is 14.5. The number of nitrogens with one attached hydrogen (secondary N) is 1. The minimum atomic E-state index is -0.0223. The molecule has 0 spiro atoms. The Labute approximate surface area is 126 Å². The van der Waals surface area contributed by atoms with Crippen LogP contribution in [0.1, 0.15) is 11.1 Å². The number of carbonyl (C=O) groups excluding carboxylic acids is 1. The van der Waals surface area contributed by atoms with E-state index in [1.807, 2.05) is 30.3 Å². The average molecular weight is 335 g/mol. The minimum absolute atomic E-state index is 0.0223. The first-order valence-electron chi connectivity index (χ1n) is 6.17. The molecule has 0 saturated carbocycles. The molecule has 2 rings (SSSR count). The molecule has 0 bridgehead atoms. The summed E-state index contributed by atoms with van der Waals surface area (Å²) >= 11 is 3.41. The van der Waals surface area contributed by atoms with Gasteiger partial charge in [0.2, 0.25) is 5.91 Å². The number of pyridine rings is 1. The molecule has 0 unspecified atom stereocenters. The summed E-state index contributed by atoms with van der Waals surface area (Å²) < 4.78 is 6.00. The molecule has 0 fully saturated rings. The van der Waals surface area contributed by atoms with Crippen LogP contribution in [-0.4, -0.2) is 18.0 Å². The van der Waals surface area contributed by atoms with Crippen molar-refractivity contribution >= 4 is 21.8 Å². The van der Waals surface area contributed by atoms with Crippen molar-refractivity contribution in [2.75, 3.05) is 7.11 Å². The highest BCUT2D eigenvalue weighted by atomic mass is 79.9. The molecule has 0 aliphatic rings. The molecule has 1 N–H and O–H groups in total. The fourth-order valence-corrected chi connectivity index (χ4v) is 2.36. The minimum Gasteiger partial charge on any atom is -0.496 e. The van der Waals surface area contributed by atoms with Crippen LogP contribution in [0.15, 0.2) is 47.2 Å². The van der Waals surface area contributed by atoms with Gasteiger partial charge in [-0.05, 0) is 45.3 Å². The van der Waals surface area contributed by atoms with Crippen LogP contribution in [0.5, 0.6) is 5.75 Å². The van der Waals surface area contributed by atoms with E-state index in [-0.39, 0.29) is 5.91 Å². The average Bonchev–Trinajstić information content (AvgIpc) is 2.46. The number of amides is 1. The largest absolute Gasteiger partial charge is 0.496 e. The quantitative estimate of drug-likeness (QED) is 0.914. The van der Waals surface area contributed by atoms with Gasteiger partial charge in [0.1, 0.15) is 5.75 Å². The van der Waals surface area contributed by atoms with Gasteiger partial charge in [0, 0.05) is 18.9 Å². The van der Waals surface area contributed by atoms with Crippen molar-refractivity contribution in [3.63, 3.8) is 0 Å². The van der Waals surface area contributed by atoms with Crippen LogP contribution in [0.2, 0.25) is 0 Å². The zero-order valence-electron chi connectivity index (χ0n) is 11.1. The molecule has 0 saturated heterocycles. The number of methoxy groups -OCH3 is 1. The smallest absolute Gasteiger partial charge is 0.224 e. The zero-order valence-corrected chi connectivity index (χ0v) is 12.7. The van der Waals surface area contributed by atoms with Crippen molar-refractivity contribution < 1.29 is 9.53 Å². The molecule has 0 radical (unpaired) electrons. The third-order valence-electron chi connectivity index (χ3n) is 2.79. The molecule has 1 aromatic heterocycles. The Morgan fingerprint density at radius 1 is 1.35 bits per heavy atom. The molecule has 1 aromatic carbocycles. The van der Waals surface area contributed by atoms with Gasteiger partial charge >= 0.3 is 0 Å². The number of benzene rings is 1. The molecule has 20 heavy (non-hydrogen) atoms. The van der Waals surface area contributed by atoms with Crippen molar-refractivity contribution in [2.24, 2.45) is 0 Å². The second-order valence-corrected chi connectivity index (χ2v) is 5.14. The Bertz CT molecular complexity index is 588. The van der Waals surface area contributed by atoms with E-state index in [1.54, 1.807) is 19.5 Å². The molecule has 5 heteroatoms. The predicted octanol–water partition coefficient (Wildman–Crippen LogP) is 2.71. The first-order valence-corrected chi connectivity index (χ1v) is 6.96. The summed E-state index contributed by atoms with van der Waals surface area (Å²) in [5.41, 5.74) is 1.91. The lowest BCUT2D eigenvalue weighted by atomic mass is 10.1. The van der Waals surface area contributed by atoms with Crippen LogP contribution in [0.4, 0.5) is 0 Å². The Morgan fingerprint density at radius 3 is 2.85 bits per heavy atom. The number of aromatic nitrogens is 1. The second kappa shape index (κ2) is 7.05. The normalized spacial score (nSPS) is 10.1. The summed E-state index contributed by atoms with van der Waals surface area (Å²) in [4.78, 5) is 15.9. The molecule has 104 valence electrons. The van der Waals surface area contributed by atoms with Crippen LogP contribution in [-0.2, 0) is 17.8 Å². The molecular formula is C15H15BrN2O2. The standard InChI is InChI=1S/C15H15BrN2O2/c1-20-14-5-4-11(7-13(14)16)8-15(19)18-10-12-3-2-6-17-9-12/h2-7,9H,8,10H2,1H3,(H,18,19). The van der Waals surface area contributed by atoms with E-state index in [1.165, 1.54) is 0 Å². The highest BCUT2D eigenvalue weighted by molar-refractivity contribution is 9.10. The van der Waals surface area contributed by atoms with Gasteiger partial charge in [-0.3, -0.25) is 9.78 Å². The summed E-state index contributed by atoms with van der Waals surface area (Å²) in [6.07, 6.45) is 3.79. The number of hydrogen-bond acceptors (Lipinski definition) is 3. The van der Waals surface area contributed by atoms with E-state index in [2.05, 4.69) is 26.2 Å². The third-order valence-corrected chi connectivity index (χ3v) is 3.41.